The predicted octanol–water partition coefficient (Wildman–Crippen LogP) is 7.37. The van der Waals surface area contributed by atoms with Crippen molar-refractivity contribution < 1.29 is 4.79 Å². The van der Waals surface area contributed by atoms with E-state index in [0.717, 1.165) is 48.3 Å². The van der Waals surface area contributed by atoms with Crippen LogP contribution >= 0.6 is 0 Å². The molecule has 4 aliphatic rings. The Morgan fingerprint density at radius 2 is 1.82 bits per heavy atom. The van der Waals surface area contributed by atoms with Gasteiger partial charge in [0.15, 0.2) is 5.78 Å². The Labute approximate surface area is 173 Å². The molecule has 0 aromatic rings. The second kappa shape index (κ2) is 7.44. The molecule has 1 nitrogen and oxygen atoms in total. The van der Waals surface area contributed by atoms with Crippen LogP contribution in [0.5, 0.6) is 0 Å². The minimum absolute atomic E-state index is 0.246. The topological polar surface area (TPSA) is 17.1 Å². The summed E-state index contributed by atoms with van der Waals surface area (Å²) in [6.45, 7) is 12.4. The zero-order valence-electron chi connectivity index (χ0n) is 19.0. The summed E-state index contributed by atoms with van der Waals surface area (Å²) in [4.78, 5) is 12.0. The molecule has 0 bridgehead atoms. The van der Waals surface area contributed by atoms with E-state index in [1.807, 2.05) is 6.08 Å². The van der Waals surface area contributed by atoms with Crippen molar-refractivity contribution in [3.8, 4) is 0 Å². The largest absolute Gasteiger partial charge is 0.295 e. The first-order valence-electron chi connectivity index (χ1n) is 12.2. The zero-order chi connectivity index (χ0) is 20.1. The van der Waals surface area contributed by atoms with Gasteiger partial charge in [-0.3, -0.25) is 4.79 Å². The molecule has 4 aliphatic carbocycles. The summed E-state index contributed by atoms with van der Waals surface area (Å²) in [7, 11) is 0. The van der Waals surface area contributed by atoms with Gasteiger partial charge in [-0.1, -0.05) is 66.0 Å². The minimum atomic E-state index is 0.246. The number of hydrogen-bond donors (Lipinski definition) is 0. The Hall–Kier alpha value is -0.850. The molecular formula is C27H42O. The molecular weight excluding hydrogens is 340 g/mol. The van der Waals surface area contributed by atoms with Crippen LogP contribution in [0.25, 0.3) is 0 Å². The van der Waals surface area contributed by atoms with E-state index >= 15 is 0 Å². The molecule has 0 amide bonds. The molecule has 4 rings (SSSR count). The molecule has 0 saturated heterocycles. The molecule has 0 aromatic carbocycles. The molecule has 0 spiro atoms. The normalized spacial score (nSPS) is 43.4. The average Bonchev–Trinajstić information content (AvgIpc) is 2.99. The van der Waals surface area contributed by atoms with Gasteiger partial charge < -0.3 is 0 Å². The smallest absolute Gasteiger partial charge is 0.156 e. The van der Waals surface area contributed by atoms with Crippen molar-refractivity contribution >= 4 is 5.78 Å². The Morgan fingerprint density at radius 1 is 1.04 bits per heavy atom. The number of hydrogen-bond acceptors (Lipinski definition) is 1. The van der Waals surface area contributed by atoms with Crippen LogP contribution < -0.4 is 0 Å². The van der Waals surface area contributed by atoms with Crippen molar-refractivity contribution in [3.63, 3.8) is 0 Å². The molecule has 0 radical (unpaired) electrons. The van der Waals surface area contributed by atoms with Gasteiger partial charge in [-0.15, -0.1) is 0 Å². The van der Waals surface area contributed by atoms with Gasteiger partial charge in [0.1, 0.15) is 0 Å². The highest BCUT2D eigenvalue weighted by atomic mass is 16.1. The van der Waals surface area contributed by atoms with Gasteiger partial charge in [-0.2, -0.15) is 0 Å². The van der Waals surface area contributed by atoms with Gasteiger partial charge in [0.25, 0.3) is 0 Å². The Kier molecular flexibility index (Phi) is 5.43. The van der Waals surface area contributed by atoms with Gasteiger partial charge in [0, 0.05) is 6.42 Å². The number of carbonyl (C=O) groups is 1. The van der Waals surface area contributed by atoms with E-state index < -0.39 is 0 Å². The van der Waals surface area contributed by atoms with E-state index in [0.29, 0.717) is 11.2 Å². The highest BCUT2D eigenvalue weighted by molar-refractivity contribution is 5.92. The molecule has 0 unspecified atom stereocenters. The van der Waals surface area contributed by atoms with Gasteiger partial charge in [0.2, 0.25) is 0 Å². The minimum Gasteiger partial charge on any atom is -0.295 e. The van der Waals surface area contributed by atoms with Crippen LogP contribution in [0.3, 0.4) is 0 Å². The highest BCUT2D eigenvalue weighted by Crippen LogP contribution is 2.66. The van der Waals surface area contributed by atoms with Crippen molar-refractivity contribution in [2.75, 3.05) is 0 Å². The molecule has 7 atom stereocenters. The fraction of sp³-hybridized carbons (Fsp3) is 0.815. The Balaban J connectivity index is 1.53. The van der Waals surface area contributed by atoms with Crippen molar-refractivity contribution in [1.82, 2.24) is 0 Å². The lowest BCUT2D eigenvalue weighted by Gasteiger charge is -2.56. The lowest BCUT2D eigenvalue weighted by atomic mass is 9.48. The number of fused-ring (bicyclic) bond motifs is 5. The second-order valence-electron chi connectivity index (χ2n) is 11.7. The number of carbonyl (C=O) groups excluding carboxylic acids is 1. The lowest BCUT2D eigenvalue weighted by Crippen LogP contribution is -2.49. The quantitative estimate of drug-likeness (QED) is 0.485. The third-order valence-electron chi connectivity index (χ3n) is 9.72. The van der Waals surface area contributed by atoms with Crippen LogP contribution in [-0.2, 0) is 4.79 Å². The maximum absolute atomic E-state index is 12.0. The van der Waals surface area contributed by atoms with Crippen LogP contribution in [0.4, 0.5) is 0 Å². The van der Waals surface area contributed by atoms with Crippen LogP contribution in [0.1, 0.15) is 92.4 Å². The van der Waals surface area contributed by atoms with Gasteiger partial charge in [-0.05, 0) is 90.1 Å². The maximum Gasteiger partial charge on any atom is 0.156 e. The summed E-state index contributed by atoms with van der Waals surface area (Å²) in [5.74, 6) is 5.32. The summed E-state index contributed by atoms with van der Waals surface area (Å²) in [5.41, 5.74) is 2.12. The van der Waals surface area contributed by atoms with E-state index in [4.69, 9.17) is 0 Å². The van der Waals surface area contributed by atoms with Crippen molar-refractivity contribution in [1.29, 1.82) is 0 Å². The van der Waals surface area contributed by atoms with Crippen LogP contribution in [0.15, 0.2) is 23.8 Å². The van der Waals surface area contributed by atoms with Crippen molar-refractivity contribution in [3.05, 3.63) is 23.8 Å². The fourth-order valence-corrected chi connectivity index (χ4v) is 8.02. The van der Waals surface area contributed by atoms with Gasteiger partial charge in [0.05, 0.1) is 0 Å². The molecule has 0 N–H and O–H groups in total. The Bertz CT molecular complexity index is 670. The van der Waals surface area contributed by atoms with E-state index in [2.05, 4.69) is 46.8 Å². The van der Waals surface area contributed by atoms with Crippen LogP contribution in [-0.4, -0.2) is 5.78 Å². The fourth-order valence-electron chi connectivity index (χ4n) is 8.02. The van der Waals surface area contributed by atoms with Crippen LogP contribution in [0.2, 0.25) is 0 Å². The molecule has 156 valence electrons. The number of rotatable bonds is 5. The molecule has 2 fully saturated rings. The SMILES string of the molecule is CC(C)CCC[C@H](C)[C@H]1CC[C@@H]2[C@H]3C=CC4=CC(=O)CC[C@]4(C)[C@@H]3CC[C@@]21C. The van der Waals surface area contributed by atoms with Crippen molar-refractivity contribution in [2.45, 2.75) is 92.4 Å². The second-order valence-corrected chi connectivity index (χ2v) is 11.7. The first-order valence-corrected chi connectivity index (χ1v) is 12.2. The molecule has 28 heavy (non-hydrogen) atoms. The van der Waals surface area contributed by atoms with E-state index in [1.165, 1.54) is 50.5 Å². The lowest BCUT2D eigenvalue weighted by molar-refractivity contribution is -0.116. The predicted molar refractivity (Wildman–Crippen MR) is 118 cm³/mol. The summed E-state index contributed by atoms with van der Waals surface area (Å²) < 4.78 is 0. The molecule has 1 heteroatoms. The highest BCUT2D eigenvalue weighted by Gasteiger charge is 2.58. The summed E-state index contributed by atoms with van der Waals surface area (Å²) in [6, 6.07) is 0. The monoisotopic (exact) mass is 382 g/mol. The summed E-state index contributed by atoms with van der Waals surface area (Å²) >= 11 is 0. The van der Waals surface area contributed by atoms with Gasteiger partial charge in [-0.25, -0.2) is 0 Å². The number of ketones is 1. The first kappa shape index (κ1) is 20.4. The zero-order valence-corrected chi connectivity index (χ0v) is 19.0. The third kappa shape index (κ3) is 3.25. The summed E-state index contributed by atoms with van der Waals surface area (Å²) in [5, 5.41) is 0. The maximum atomic E-state index is 12.0. The molecule has 0 aromatic heterocycles. The molecule has 0 heterocycles. The van der Waals surface area contributed by atoms with E-state index in [1.54, 1.807) is 0 Å². The van der Waals surface area contributed by atoms with E-state index in [9.17, 15) is 4.79 Å². The van der Waals surface area contributed by atoms with Crippen LogP contribution in [0, 0.1) is 46.3 Å². The third-order valence-corrected chi connectivity index (χ3v) is 9.72. The standard InChI is InChI=1S/C27H42O/c1-18(2)7-6-8-19(3)23-11-12-24-22-10-9-20-17-21(28)13-15-26(20,4)25(22)14-16-27(23,24)5/h9-10,17-19,22-25H,6-8,11-16H2,1-5H3/t19-,22+,23+,24+,25+,26-,27+/m0/s1. The summed E-state index contributed by atoms with van der Waals surface area (Å²) in [6.07, 6.45) is 18.5. The molecule has 0 aliphatic heterocycles. The van der Waals surface area contributed by atoms with Gasteiger partial charge >= 0.3 is 0 Å². The number of allylic oxidation sites excluding steroid dienone is 4. The average molecular weight is 383 g/mol. The first-order chi connectivity index (χ1) is 13.3. The van der Waals surface area contributed by atoms with Crippen molar-refractivity contribution in [2.24, 2.45) is 46.3 Å². The molecule has 2 saturated carbocycles. The Morgan fingerprint density at radius 3 is 2.57 bits per heavy atom. The van der Waals surface area contributed by atoms with E-state index in [-0.39, 0.29) is 5.41 Å².